The van der Waals surface area contributed by atoms with Gasteiger partial charge < -0.3 is 10.1 Å². The van der Waals surface area contributed by atoms with Gasteiger partial charge in [-0.15, -0.1) is 0 Å². The van der Waals surface area contributed by atoms with Crippen molar-refractivity contribution >= 4 is 17.4 Å². The highest BCUT2D eigenvalue weighted by Crippen LogP contribution is 2.12. The van der Waals surface area contributed by atoms with Gasteiger partial charge in [0.25, 0.3) is 11.7 Å². The SMILES string of the molecule is COc1ccc(C(=O)C(=O)Nc2ccccc2)cc1. The first kappa shape index (κ1) is 12.8. The average molecular weight is 255 g/mol. The first-order valence-electron chi connectivity index (χ1n) is 5.75. The third-order valence-electron chi connectivity index (χ3n) is 2.59. The number of nitrogens with one attached hydrogen (secondary N) is 1. The second kappa shape index (κ2) is 5.82. The van der Waals surface area contributed by atoms with E-state index in [0.29, 0.717) is 17.0 Å². The van der Waals surface area contributed by atoms with Gasteiger partial charge >= 0.3 is 0 Å². The number of hydrogen-bond acceptors (Lipinski definition) is 3. The quantitative estimate of drug-likeness (QED) is 0.674. The summed E-state index contributed by atoms with van der Waals surface area (Å²) in [5, 5.41) is 2.55. The van der Waals surface area contributed by atoms with Crippen molar-refractivity contribution in [2.75, 3.05) is 12.4 Å². The summed E-state index contributed by atoms with van der Waals surface area (Å²) in [4.78, 5) is 23.7. The van der Waals surface area contributed by atoms with Gasteiger partial charge in [-0.1, -0.05) is 18.2 Å². The Kier molecular flexibility index (Phi) is 3.93. The van der Waals surface area contributed by atoms with Gasteiger partial charge in [0, 0.05) is 11.3 Å². The Bertz CT molecular complexity index is 576. The first-order valence-corrected chi connectivity index (χ1v) is 5.75. The monoisotopic (exact) mass is 255 g/mol. The van der Waals surface area contributed by atoms with Crippen molar-refractivity contribution in [2.45, 2.75) is 0 Å². The van der Waals surface area contributed by atoms with Crippen LogP contribution in [-0.2, 0) is 4.79 Å². The fourth-order valence-corrected chi connectivity index (χ4v) is 1.58. The van der Waals surface area contributed by atoms with Gasteiger partial charge in [-0.25, -0.2) is 0 Å². The van der Waals surface area contributed by atoms with Gasteiger partial charge in [0.05, 0.1) is 7.11 Å². The predicted octanol–water partition coefficient (Wildman–Crippen LogP) is 2.52. The van der Waals surface area contributed by atoms with Crippen LogP contribution in [0.4, 0.5) is 5.69 Å². The number of Topliss-reactive ketones (excluding diaryl/α,β-unsaturated/α-hetero) is 1. The zero-order valence-electron chi connectivity index (χ0n) is 10.4. The largest absolute Gasteiger partial charge is 0.497 e. The standard InChI is InChI=1S/C15H13NO3/c1-19-13-9-7-11(8-10-13)14(17)15(18)16-12-5-3-2-4-6-12/h2-10H,1H3,(H,16,18). The van der Waals surface area contributed by atoms with Gasteiger partial charge in [-0.2, -0.15) is 0 Å². The lowest BCUT2D eigenvalue weighted by molar-refractivity contribution is -0.112. The minimum absolute atomic E-state index is 0.328. The van der Waals surface area contributed by atoms with E-state index in [1.54, 1.807) is 55.6 Å². The Morgan fingerprint density at radius 3 is 2.16 bits per heavy atom. The molecular weight excluding hydrogens is 242 g/mol. The van der Waals surface area contributed by atoms with Crippen LogP contribution in [-0.4, -0.2) is 18.8 Å². The number of carbonyl (C=O) groups is 2. The number of ether oxygens (including phenoxy) is 1. The molecule has 96 valence electrons. The Hall–Kier alpha value is -2.62. The van der Waals surface area contributed by atoms with E-state index in [2.05, 4.69) is 5.32 Å². The van der Waals surface area contributed by atoms with E-state index in [1.807, 2.05) is 6.07 Å². The van der Waals surface area contributed by atoms with Gasteiger partial charge in [0.2, 0.25) is 0 Å². The Labute approximate surface area is 111 Å². The number of hydrogen-bond donors (Lipinski definition) is 1. The minimum atomic E-state index is -0.656. The molecule has 4 nitrogen and oxygen atoms in total. The van der Waals surface area contributed by atoms with Crippen molar-refractivity contribution < 1.29 is 14.3 Å². The molecule has 0 aliphatic rings. The molecule has 1 N–H and O–H groups in total. The number of benzene rings is 2. The predicted molar refractivity (Wildman–Crippen MR) is 72.4 cm³/mol. The summed E-state index contributed by atoms with van der Waals surface area (Å²) in [5.41, 5.74) is 0.920. The molecule has 0 bridgehead atoms. The van der Waals surface area contributed by atoms with Gasteiger partial charge in [0.15, 0.2) is 0 Å². The molecule has 2 aromatic rings. The summed E-state index contributed by atoms with van der Waals surface area (Å²) in [6, 6.07) is 15.3. The molecule has 2 rings (SSSR count). The van der Waals surface area contributed by atoms with Crippen molar-refractivity contribution in [1.29, 1.82) is 0 Å². The molecule has 0 saturated carbocycles. The van der Waals surface area contributed by atoms with Crippen LogP contribution in [0.25, 0.3) is 0 Å². The molecule has 4 heteroatoms. The van der Waals surface area contributed by atoms with E-state index < -0.39 is 11.7 Å². The fourth-order valence-electron chi connectivity index (χ4n) is 1.58. The molecule has 0 aliphatic heterocycles. The van der Waals surface area contributed by atoms with E-state index in [1.165, 1.54) is 0 Å². The number of amides is 1. The van der Waals surface area contributed by atoms with Crippen LogP contribution in [0.5, 0.6) is 5.75 Å². The molecule has 1 amide bonds. The highest BCUT2D eigenvalue weighted by Gasteiger charge is 2.16. The number of anilines is 1. The number of carbonyl (C=O) groups excluding carboxylic acids is 2. The number of rotatable bonds is 4. The summed E-state index contributed by atoms with van der Waals surface area (Å²) in [7, 11) is 1.54. The smallest absolute Gasteiger partial charge is 0.296 e. The molecular formula is C15H13NO3. The van der Waals surface area contributed by atoms with E-state index in [-0.39, 0.29) is 0 Å². The highest BCUT2D eigenvalue weighted by atomic mass is 16.5. The summed E-state index contributed by atoms with van der Waals surface area (Å²) in [6.07, 6.45) is 0. The Morgan fingerprint density at radius 2 is 1.58 bits per heavy atom. The van der Waals surface area contributed by atoms with Gasteiger partial charge in [-0.3, -0.25) is 9.59 Å². The van der Waals surface area contributed by atoms with Crippen molar-refractivity contribution in [3.63, 3.8) is 0 Å². The van der Waals surface area contributed by atoms with E-state index in [4.69, 9.17) is 4.74 Å². The maximum Gasteiger partial charge on any atom is 0.296 e. The number of methoxy groups -OCH3 is 1. The third kappa shape index (κ3) is 3.19. The normalized spacial score (nSPS) is 9.74. The van der Waals surface area contributed by atoms with E-state index >= 15 is 0 Å². The molecule has 0 saturated heterocycles. The van der Waals surface area contributed by atoms with Crippen molar-refractivity contribution in [1.82, 2.24) is 0 Å². The summed E-state index contributed by atoms with van der Waals surface area (Å²) in [5.74, 6) is -0.595. The summed E-state index contributed by atoms with van der Waals surface area (Å²) in [6.45, 7) is 0. The van der Waals surface area contributed by atoms with Crippen LogP contribution in [0.2, 0.25) is 0 Å². The van der Waals surface area contributed by atoms with Crippen LogP contribution in [0.1, 0.15) is 10.4 Å². The van der Waals surface area contributed by atoms with E-state index in [9.17, 15) is 9.59 Å². The Morgan fingerprint density at radius 1 is 0.947 bits per heavy atom. The molecule has 19 heavy (non-hydrogen) atoms. The molecule has 2 aromatic carbocycles. The van der Waals surface area contributed by atoms with Crippen LogP contribution in [0.3, 0.4) is 0 Å². The second-order valence-electron chi connectivity index (χ2n) is 3.88. The van der Waals surface area contributed by atoms with Crippen LogP contribution >= 0.6 is 0 Å². The Balaban J connectivity index is 2.08. The molecule has 0 atom stereocenters. The van der Waals surface area contributed by atoms with Gasteiger partial charge in [0.1, 0.15) is 5.75 Å². The van der Waals surface area contributed by atoms with Crippen LogP contribution in [0, 0.1) is 0 Å². The zero-order chi connectivity index (χ0) is 13.7. The molecule has 0 fully saturated rings. The molecule has 0 heterocycles. The summed E-state index contributed by atoms with van der Waals surface area (Å²) >= 11 is 0. The molecule has 0 unspecified atom stereocenters. The lowest BCUT2D eigenvalue weighted by atomic mass is 10.1. The first-order chi connectivity index (χ1) is 9.20. The molecule has 0 spiro atoms. The lowest BCUT2D eigenvalue weighted by Crippen LogP contribution is -2.22. The maximum atomic E-state index is 11.9. The van der Waals surface area contributed by atoms with Crippen molar-refractivity contribution in [3.05, 3.63) is 60.2 Å². The second-order valence-corrected chi connectivity index (χ2v) is 3.88. The van der Waals surface area contributed by atoms with Crippen LogP contribution < -0.4 is 10.1 Å². The minimum Gasteiger partial charge on any atom is -0.497 e. The molecule has 0 aliphatic carbocycles. The number of ketones is 1. The van der Waals surface area contributed by atoms with Crippen LogP contribution in [0.15, 0.2) is 54.6 Å². The van der Waals surface area contributed by atoms with E-state index in [0.717, 1.165) is 0 Å². The zero-order valence-corrected chi connectivity index (χ0v) is 10.4. The van der Waals surface area contributed by atoms with Gasteiger partial charge in [-0.05, 0) is 36.4 Å². The number of para-hydroxylation sites is 1. The lowest BCUT2D eigenvalue weighted by Gasteiger charge is -2.05. The summed E-state index contributed by atoms with van der Waals surface area (Å²) < 4.78 is 4.99. The average Bonchev–Trinajstić information content (AvgIpc) is 2.47. The highest BCUT2D eigenvalue weighted by molar-refractivity contribution is 6.46. The van der Waals surface area contributed by atoms with Crippen molar-refractivity contribution in [2.24, 2.45) is 0 Å². The molecule has 0 radical (unpaired) electrons. The molecule has 0 aromatic heterocycles. The van der Waals surface area contributed by atoms with Crippen molar-refractivity contribution in [3.8, 4) is 5.75 Å². The fraction of sp³-hybridized carbons (Fsp3) is 0.0667. The third-order valence-corrected chi connectivity index (χ3v) is 2.59. The maximum absolute atomic E-state index is 11.9. The topological polar surface area (TPSA) is 55.4 Å².